The Hall–Kier alpha value is -6.35. The van der Waals surface area contributed by atoms with Crippen LogP contribution in [0.1, 0.15) is 33.4 Å². The summed E-state index contributed by atoms with van der Waals surface area (Å²) in [6, 6.07) is 53.5. The summed E-state index contributed by atoms with van der Waals surface area (Å²) in [4.78, 5) is 19.1. The average molecular weight is 755 g/mol. The van der Waals surface area contributed by atoms with Gasteiger partial charge in [0.2, 0.25) is 5.91 Å². The van der Waals surface area contributed by atoms with Crippen LogP contribution in [-0.2, 0) is 41.2 Å². The maximum atomic E-state index is 14.3. The number of rotatable bonds is 13. The highest BCUT2D eigenvalue weighted by Gasteiger charge is 2.69. The molecule has 9 rings (SSSR count). The van der Waals surface area contributed by atoms with Gasteiger partial charge in [0.25, 0.3) is 0 Å². The number of benzene rings is 6. The third-order valence-electron chi connectivity index (χ3n) is 11.8. The van der Waals surface area contributed by atoms with Crippen molar-refractivity contribution in [2.75, 3.05) is 19.1 Å². The van der Waals surface area contributed by atoms with Gasteiger partial charge in [-0.2, -0.15) is 0 Å². The third-order valence-corrected chi connectivity index (χ3v) is 11.8. The Morgan fingerprint density at radius 1 is 0.614 bits per heavy atom. The molecule has 0 radical (unpaired) electrons. The highest BCUT2D eigenvalue weighted by atomic mass is 16.5. The fourth-order valence-electron chi connectivity index (χ4n) is 9.35. The zero-order valence-electron chi connectivity index (χ0n) is 32.2. The SMILES string of the molecule is COc1ccc(CN2[C@@H](C(N)=O)[C@@H](OCc3ccccc3)[C@@]3(c4cn(Cc5ccc(OC)cc5)c5ccccc45)c4ccccc4N(Cc4ccccc4)[C@@H]23)cc1. The van der Waals surface area contributed by atoms with Crippen molar-refractivity contribution in [2.45, 2.75) is 50.0 Å². The van der Waals surface area contributed by atoms with E-state index in [0.717, 1.165) is 55.9 Å². The molecule has 2 N–H and O–H groups in total. The molecule has 3 heterocycles. The van der Waals surface area contributed by atoms with Gasteiger partial charge in [0.05, 0.1) is 32.3 Å². The van der Waals surface area contributed by atoms with Gasteiger partial charge in [0, 0.05) is 42.4 Å². The molecule has 2 aliphatic rings. The van der Waals surface area contributed by atoms with E-state index in [1.807, 2.05) is 48.5 Å². The predicted molar refractivity (Wildman–Crippen MR) is 224 cm³/mol. The maximum Gasteiger partial charge on any atom is 0.237 e. The monoisotopic (exact) mass is 754 g/mol. The van der Waals surface area contributed by atoms with Gasteiger partial charge in [-0.1, -0.05) is 121 Å². The molecule has 0 unspecified atom stereocenters. The van der Waals surface area contributed by atoms with Gasteiger partial charge < -0.3 is 29.4 Å². The summed E-state index contributed by atoms with van der Waals surface area (Å²) in [6.07, 6.45) is 1.27. The smallest absolute Gasteiger partial charge is 0.237 e. The molecule has 0 bridgehead atoms. The minimum absolute atomic E-state index is 0.311. The Kier molecular flexibility index (Phi) is 9.74. The molecule has 6 aromatic carbocycles. The van der Waals surface area contributed by atoms with Crippen molar-refractivity contribution in [1.82, 2.24) is 9.47 Å². The molecule has 0 saturated carbocycles. The summed E-state index contributed by atoms with van der Waals surface area (Å²) in [5.41, 5.74) is 14.6. The molecule has 1 saturated heterocycles. The first-order valence-electron chi connectivity index (χ1n) is 19.4. The van der Waals surface area contributed by atoms with Crippen LogP contribution in [0.3, 0.4) is 0 Å². The number of ether oxygens (including phenoxy) is 3. The Bertz CT molecular complexity index is 2490. The number of hydrogen-bond donors (Lipinski definition) is 1. The van der Waals surface area contributed by atoms with Crippen molar-refractivity contribution in [1.29, 1.82) is 0 Å². The number of carbonyl (C=O) groups excluding carboxylic acids is 1. The van der Waals surface area contributed by atoms with E-state index < -0.39 is 23.5 Å². The number of para-hydroxylation sites is 2. The summed E-state index contributed by atoms with van der Waals surface area (Å²) >= 11 is 0. The van der Waals surface area contributed by atoms with Crippen molar-refractivity contribution >= 4 is 22.5 Å². The van der Waals surface area contributed by atoms with Crippen LogP contribution < -0.4 is 20.1 Å². The van der Waals surface area contributed by atoms with Gasteiger partial charge in [0.1, 0.15) is 23.7 Å². The fourth-order valence-corrected chi connectivity index (χ4v) is 9.35. The van der Waals surface area contributed by atoms with E-state index >= 15 is 0 Å². The second-order valence-corrected chi connectivity index (χ2v) is 15.0. The number of anilines is 1. The Labute approximate surface area is 333 Å². The van der Waals surface area contributed by atoms with E-state index in [4.69, 9.17) is 19.9 Å². The van der Waals surface area contributed by atoms with Crippen LogP contribution in [-0.4, -0.2) is 47.9 Å². The molecule has 1 aromatic heterocycles. The lowest BCUT2D eigenvalue weighted by atomic mass is 9.70. The summed E-state index contributed by atoms with van der Waals surface area (Å²) in [5.74, 6) is 1.17. The van der Waals surface area contributed by atoms with Crippen LogP contribution in [0.2, 0.25) is 0 Å². The van der Waals surface area contributed by atoms with Crippen LogP contribution in [0.25, 0.3) is 10.9 Å². The van der Waals surface area contributed by atoms with Crippen LogP contribution >= 0.6 is 0 Å². The Balaban J connectivity index is 1.30. The lowest BCUT2D eigenvalue weighted by Gasteiger charge is -2.40. The lowest BCUT2D eigenvalue weighted by molar-refractivity contribution is -0.127. The normalized spacial score (nSPS) is 20.0. The molecule has 8 heteroatoms. The topological polar surface area (TPSA) is 82.2 Å². The largest absolute Gasteiger partial charge is 0.497 e. The van der Waals surface area contributed by atoms with Crippen molar-refractivity contribution in [2.24, 2.45) is 5.73 Å². The van der Waals surface area contributed by atoms with Crippen LogP contribution in [0.4, 0.5) is 5.69 Å². The third kappa shape index (κ3) is 6.41. The molecule has 1 fully saturated rings. The molecular weight excluding hydrogens is 709 g/mol. The highest BCUT2D eigenvalue weighted by molar-refractivity contribution is 5.90. The number of hydrogen-bond acceptors (Lipinski definition) is 6. The lowest BCUT2D eigenvalue weighted by Crippen LogP contribution is -2.52. The minimum atomic E-state index is -0.864. The molecule has 0 spiro atoms. The number of nitrogens with two attached hydrogens (primary N) is 1. The zero-order valence-corrected chi connectivity index (χ0v) is 32.2. The highest BCUT2D eigenvalue weighted by Crippen LogP contribution is 2.60. The summed E-state index contributed by atoms with van der Waals surface area (Å²) in [5, 5.41) is 1.11. The summed E-state index contributed by atoms with van der Waals surface area (Å²) < 4.78 is 20.6. The van der Waals surface area contributed by atoms with Crippen molar-refractivity contribution in [3.05, 3.63) is 197 Å². The van der Waals surface area contributed by atoms with Gasteiger partial charge in [-0.25, -0.2) is 0 Å². The van der Waals surface area contributed by atoms with Gasteiger partial charge in [0.15, 0.2) is 0 Å². The summed E-state index contributed by atoms with van der Waals surface area (Å²) in [6.45, 7) is 2.03. The molecule has 286 valence electrons. The number of primary amides is 1. The maximum absolute atomic E-state index is 14.3. The Morgan fingerprint density at radius 2 is 1.18 bits per heavy atom. The van der Waals surface area contributed by atoms with E-state index in [9.17, 15) is 4.79 Å². The van der Waals surface area contributed by atoms with E-state index in [1.54, 1.807) is 14.2 Å². The van der Waals surface area contributed by atoms with Gasteiger partial charge in [-0.15, -0.1) is 0 Å². The number of amides is 1. The molecule has 8 nitrogen and oxygen atoms in total. The van der Waals surface area contributed by atoms with Gasteiger partial charge >= 0.3 is 0 Å². The number of fused-ring (bicyclic) bond motifs is 4. The quantitative estimate of drug-likeness (QED) is 0.128. The summed E-state index contributed by atoms with van der Waals surface area (Å²) in [7, 11) is 3.36. The standard InChI is InChI=1S/C49H46N4O4/c1-55-38-25-21-35(22-26-38)29-51-32-42(40-17-9-11-19-43(40)51)49-41-18-10-12-20-44(41)52(30-34-13-5-3-6-14-34)48(49)53(31-36-23-27-39(56-2)28-24-36)45(47(50)54)46(49)57-33-37-15-7-4-8-16-37/h3-28,32,45-46,48H,29-31,33H2,1-2H3,(H2,50,54)/t45-,46-,48+,49+/m1/s1. The van der Waals surface area contributed by atoms with E-state index in [-0.39, 0.29) is 6.17 Å². The molecule has 7 aromatic rings. The molecule has 4 atom stereocenters. The van der Waals surface area contributed by atoms with Crippen molar-refractivity contribution in [3.8, 4) is 11.5 Å². The molecule has 57 heavy (non-hydrogen) atoms. The molecule has 1 amide bonds. The average Bonchev–Trinajstić information content (AvgIpc) is 3.86. The van der Waals surface area contributed by atoms with E-state index in [1.165, 1.54) is 5.56 Å². The first-order chi connectivity index (χ1) is 28.0. The zero-order chi connectivity index (χ0) is 38.9. The van der Waals surface area contributed by atoms with E-state index in [2.05, 4.69) is 130 Å². The van der Waals surface area contributed by atoms with E-state index in [0.29, 0.717) is 26.2 Å². The Morgan fingerprint density at radius 3 is 1.82 bits per heavy atom. The number of methoxy groups -OCH3 is 2. The van der Waals surface area contributed by atoms with Crippen molar-refractivity contribution in [3.63, 3.8) is 0 Å². The number of nitrogens with zero attached hydrogens (tertiary/aromatic N) is 3. The van der Waals surface area contributed by atoms with Gasteiger partial charge in [-0.3, -0.25) is 9.69 Å². The number of likely N-dealkylation sites (tertiary alicyclic amines) is 1. The minimum Gasteiger partial charge on any atom is -0.497 e. The van der Waals surface area contributed by atoms with Crippen LogP contribution in [0.5, 0.6) is 11.5 Å². The molecule has 2 aliphatic heterocycles. The fraction of sp³-hybridized carbons (Fsp3) is 0.204. The first-order valence-corrected chi connectivity index (χ1v) is 19.4. The second-order valence-electron chi connectivity index (χ2n) is 15.0. The predicted octanol–water partition coefficient (Wildman–Crippen LogP) is 8.29. The second kappa shape index (κ2) is 15.3. The van der Waals surface area contributed by atoms with Gasteiger partial charge in [-0.05, 0) is 69.8 Å². The number of aromatic nitrogens is 1. The van der Waals surface area contributed by atoms with Crippen LogP contribution in [0, 0.1) is 0 Å². The molecular formula is C49H46N4O4. The van der Waals surface area contributed by atoms with Crippen molar-refractivity contribution < 1.29 is 19.0 Å². The molecule has 0 aliphatic carbocycles. The number of carbonyl (C=O) groups is 1. The van der Waals surface area contributed by atoms with Crippen LogP contribution in [0.15, 0.2) is 164 Å². The first kappa shape index (κ1) is 36.3.